The molecule has 0 amide bonds. The summed E-state index contributed by atoms with van der Waals surface area (Å²) in [5, 5.41) is 0.306. The molecule has 0 unspecified atom stereocenters. The summed E-state index contributed by atoms with van der Waals surface area (Å²) < 4.78 is 31.5. The van der Waals surface area contributed by atoms with E-state index >= 15 is 0 Å². The van der Waals surface area contributed by atoms with E-state index in [2.05, 4.69) is 4.98 Å². The summed E-state index contributed by atoms with van der Waals surface area (Å²) in [6, 6.07) is 8.48. The number of pyridine rings is 1. The van der Waals surface area contributed by atoms with Gasteiger partial charge in [-0.25, -0.2) is 13.8 Å². The number of hydrogen-bond donors (Lipinski definition) is 0. The summed E-state index contributed by atoms with van der Waals surface area (Å²) in [6.45, 7) is -0.0432. The molecule has 1 aromatic heterocycles. The Balaban J connectivity index is 2.13. The normalized spacial score (nSPS) is 10.3. The number of rotatable bonds is 3. The molecule has 1 aromatic carbocycles. The molecule has 5 heteroatoms. The highest BCUT2D eigenvalue weighted by atomic mass is 35.5. The molecule has 0 aliphatic heterocycles. The van der Waals surface area contributed by atoms with E-state index in [1.807, 2.05) is 0 Å². The Morgan fingerprint density at radius 2 is 1.71 bits per heavy atom. The Labute approximate surface area is 102 Å². The van der Waals surface area contributed by atoms with Gasteiger partial charge >= 0.3 is 0 Å². The molecular formula is C12H8ClF2NO. The Kier molecular flexibility index (Phi) is 3.54. The van der Waals surface area contributed by atoms with E-state index in [4.69, 9.17) is 16.3 Å². The second-order valence-electron chi connectivity index (χ2n) is 3.29. The number of halogens is 3. The van der Waals surface area contributed by atoms with Gasteiger partial charge in [-0.1, -0.05) is 23.7 Å². The lowest BCUT2D eigenvalue weighted by Gasteiger charge is -2.07. The molecule has 0 bridgehead atoms. The fourth-order valence-corrected chi connectivity index (χ4v) is 1.48. The molecule has 0 aliphatic carbocycles. The minimum Gasteiger partial charge on any atom is -0.481 e. The van der Waals surface area contributed by atoms with Crippen LogP contribution < -0.4 is 4.74 Å². The number of ether oxygens (including phenoxy) is 1. The summed E-state index contributed by atoms with van der Waals surface area (Å²) in [7, 11) is 0. The van der Waals surface area contributed by atoms with Crippen molar-refractivity contribution in [3.05, 3.63) is 58.9 Å². The molecule has 88 valence electrons. The first-order valence-corrected chi connectivity index (χ1v) is 5.23. The lowest BCUT2D eigenvalue weighted by Crippen LogP contribution is -2.01. The molecule has 17 heavy (non-hydrogen) atoms. The Morgan fingerprint density at radius 3 is 2.35 bits per heavy atom. The van der Waals surface area contributed by atoms with E-state index in [-0.39, 0.29) is 6.61 Å². The van der Waals surface area contributed by atoms with Gasteiger partial charge in [-0.3, -0.25) is 0 Å². The maximum absolute atomic E-state index is 13.2. The molecule has 0 saturated heterocycles. The van der Waals surface area contributed by atoms with Crippen molar-refractivity contribution in [2.45, 2.75) is 6.61 Å². The number of aromatic nitrogens is 1. The van der Waals surface area contributed by atoms with Gasteiger partial charge < -0.3 is 4.74 Å². The van der Waals surface area contributed by atoms with Crippen LogP contribution in [0.2, 0.25) is 5.15 Å². The predicted molar refractivity (Wildman–Crippen MR) is 59.9 cm³/mol. The van der Waals surface area contributed by atoms with Gasteiger partial charge in [-0.15, -0.1) is 0 Å². The third-order valence-corrected chi connectivity index (χ3v) is 2.27. The van der Waals surface area contributed by atoms with Gasteiger partial charge in [0.15, 0.2) is 17.4 Å². The van der Waals surface area contributed by atoms with Crippen molar-refractivity contribution < 1.29 is 13.5 Å². The monoisotopic (exact) mass is 255 g/mol. The second-order valence-corrected chi connectivity index (χ2v) is 3.68. The fraction of sp³-hybridized carbons (Fsp3) is 0.0833. The van der Waals surface area contributed by atoms with Crippen molar-refractivity contribution in [3.8, 4) is 5.75 Å². The van der Waals surface area contributed by atoms with Gasteiger partial charge in [0, 0.05) is 0 Å². The van der Waals surface area contributed by atoms with Crippen LogP contribution in [0.5, 0.6) is 5.75 Å². The van der Waals surface area contributed by atoms with Gasteiger partial charge in [-0.05, 0) is 24.3 Å². The SMILES string of the molecule is Fc1cccc(F)c1OCc1cccc(Cl)n1. The largest absolute Gasteiger partial charge is 0.481 e. The number of benzene rings is 1. The standard InChI is InChI=1S/C12H8ClF2NO/c13-11-6-1-3-8(16-11)7-17-12-9(14)4-2-5-10(12)15/h1-6H,7H2. The van der Waals surface area contributed by atoms with E-state index in [0.29, 0.717) is 10.8 Å². The van der Waals surface area contributed by atoms with Gasteiger partial charge in [0.25, 0.3) is 0 Å². The molecular weight excluding hydrogens is 248 g/mol. The van der Waals surface area contributed by atoms with Gasteiger partial charge in [0.05, 0.1) is 5.69 Å². The first kappa shape index (κ1) is 11.8. The van der Waals surface area contributed by atoms with Crippen LogP contribution in [-0.2, 0) is 6.61 Å². The molecule has 0 radical (unpaired) electrons. The lowest BCUT2D eigenvalue weighted by molar-refractivity contribution is 0.270. The smallest absolute Gasteiger partial charge is 0.191 e. The van der Waals surface area contributed by atoms with Crippen LogP contribution in [0.25, 0.3) is 0 Å². The van der Waals surface area contributed by atoms with Crippen LogP contribution in [0.3, 0.4) is 0 Å². The Bertz CT molecular complexity index is 513. The average Bonchev–Trinajstić information content (AvgIpc) is 2.28. The van der Waals surface area contributed by atoms with Crippen LogP contribution in [0.4, 0.5) is 8.78 Å². The minimum atomic E-state index is -0.743. The molecule has 2 aromatic rings. The van der Waals surface area contributed by atoms with E-state index in [1.54, 1.807) is 18.2 Å². The van der Waals surface area contributed by atoms with Crippen LogP contribution >= 0.6 is 11.6 Å². The van der Waals surface area contributed by atoms with Crippen molar-refractivity contribution in [2.24, 2.45) is 0 Å². The molecule has 2 nitrogen and oxygen atoms in total. The third-order valence-electron chi connectivity index (χ3n) is 2.06. The maximum atomic E-state index is 13.2. The van der Waals surface area contributed by atoms with Gasteiger partial charge in [0.1, 0.15) is 11.8 Å². The van der Waals surface area contributed by atoms with E-state index in [9.17, 15) is 8.78 Å². The lowest BCUT2D eigenvalue weighted by atomic mass is 10.3. The van der Waals surface area contributed by atoms with Crippen molar-refractivity contribution in [2.75, 3.05) is 0 Å². The number of hydrogen-bond acceptors (Lipinski definition) is 2. The van der Waals surface area contributed by atoms with Crippen LogP contribution in [0, 0.1) is 11.6 Å². The van der Waals surface area contributed by atoms with Crippen LogP contribution in [0.15, 0.2) is 36.4 Å². The topological polar surface area (TPSA) is 22.1 Å². The van der Waals surface area contributed by atoms with E-state index in [1.165, 1.54) is 6.07 Å². The van der Waals surface area contributed by atoms with Crippen molar-refractivity contribution in [3.63, 3.8) is 0 Å². The zero-order chi connectivity index (χ0) is 12.3. The summed E-state index contributed by atoms with van der Waals surface area (Å²) in [4.78, 5) is 3.94. The Hall–Kier alpha value is -1.68. The van der Waals surface area contributed by atoms with Crippen molar-refractivity contribution >= 4 is 11.6 Å². The first-order chi connectivity index (χ1) is 8.16. The fourth-order valence-electron chi connectivity index (χ4n) is 1.30. The second kappa shape index (κ2) is 5.10. The molecule has 0 N–H and O–H groups in total. The molecule has 1 heterocycles. The average molecular weight is 256 g/mol. The van der Waals surface area contributed by atoms with Crippen molar-refractivity contribution in [1.82, 2.24) is 4.98 Å². The van der Waals surface area contributed by atoms with Gasteiger partial charge in [-0.2, -0.15) is 0 Å². The zero-order valence-corrected chi connectivity index (χ0v) is 9.42. The molecule has 0 atom stereocenters. The van der Waals surface area contributed by atoms with Gasteiger partial charge in [0.2, 0.25) is 0 Å². The maximum Gasteiger partial charge on any atom is 0.191 e. The highest BCUT2D eigenvalue weighted by molar-refractivity contribution is 6.29. The Morgan fingerprint density at radius 1 is 1.06 bits per heavy atom. The molecule has 2 rings (SSSR count). The minimum absolute atomic E-state index is 0.0432. The predicted octanol–water partition coefficient (Wildman–Crippen LogP) is 3.59. The summed E-state index contributed by atoms with van der Waals surface area (Å²) >= 11 is 5.67. The van der Waals surface area contributed by atoms with Crippen LogP contribution in [-0.4, -0.2) is 4.98 Å². The van der Waals surface area contributed by atoms with E-state index < -0.39 is 17.4 Å². The number of nitrogens with zero attached hydrogens (tertiary/aromatic N) is 1. The summed E-state index contributed by atoms with van der Waals surface area (Å²) in [5.41, 5.74) is 0.500. The molecule has 0 aliphatic rings. The highest BCUT2D eigenvalue weighted by Crippen LogP contribution is 2.21. The number of para-hydroxylation sites is 1. The van der Waals surface area contributed by atoms with Crippen molar-refractivity contribution in [1.29, 1.82) is 0 Å². The zero-order valence-electron chi connectivity index (χ0n) is 8.66. The molecule has 0 spiro atoms. The first-order valence-electron chi connectivity index (χ1n) is 4.85. The van der Waals surface area contributed by atoms with Crippen LogP contribution in [0.1, 0.15) is 5.69 Å². The molecule has 0 fully saturated rings. The third kappa shape index (κ3) is 2.91. The highest BCUT2D eigenvalue weighted by Gasteiger charge is 2.09. The summed E-state index contributed by atoms with van der Waals surface area (Å²) in [5.74, 6) is -1.90. The van der Waals surface area contributed by atoms with E-state index in [0.717, 1.165) is 12.1 Å². The summed E-state index contributed by atoms with van der Waals surface area (Å²) in [6.07, 6.45) is 0. The quantitative estimate of drug-likeness (QED) is 0.782. The molecule has 0 saturated carbocycles.